The van der Waals surface area contributed by atoms with Gasteiger partial charge < -0.3 is 14.8 Å². The van der Waals surface area contributed by atoms with E-state index >= 15 is 0 Å². The van der Waals surface area contributed by atoms with Gasteiger partial charge in [0, 0.05) is 44.7 Å². The third kappa shape index (κ3) is 2.67. The third-order valence-corrected chi connectivity index (χ3v) is 3.99. The van der Waals surface area contributed by atoms with Crippen LogP contribution < -0.4 is 0 Å². The molecule has 23 heavy (non-hydrogen) atoms. The standard InChI is InChI=1S/C15H15FN4O3/c1-9(21)19-2-4-20(5-3-19)15(23)14(22)10-6-18-12-8-17-7-11(16)13(10)12/h6-8,18H,2-5H2,1H3. The normalized spacial score (nSPS) is 15.0. The van der Waals surface area contributed by atoms with E-state index in [9.17, 15) is 18.8 Å². The van der Waals surface area contributed by atoms with Crippen LogP contribution in [0, 0.1) is 5.82 Å². The van der Waals surface area contributed by atoms with Crippen molar-refractivity contribution < 1.29 is 18.8 Å². The summed E-state index contributed by atoms with van der Waals surface area (Å²) in [5.74, 6) is -2.17. The quantitative estimate of drug-likeness (QED) is 0.648. The van der Waals surface area contributed by atoms with Gasteiger partial charge in [0.05, 0.1) is 23.5 Å². The topological polar surface area (TPSA) is 86.4 Å². The van der Waals surface area contributed by atoms with Crippen LogP contribution in [-0.2, 0) is 9.59 Å². The van der Waals surface area contributed by atoms with Crippen molar-refractivity contribution in [2.75, 3.05) is 26.2 Å². The fourth-order valence-corrected chi connectivity index (χ4v) is 2.70. The number of hydrogen-bond donors (Lipinski definition) is 1. The fraction of sp³-hybridized carbons (Fsp3) is 0.333. The van der Waals surface area contributed by atoms with Crippen LogP contribution in [0.1, 0.15) is 17.3 Å². The number of H-pyrrole nitrogens is 1. The van der Waals surface area contributed by atoms with Crippen LogP contribution >= 0.6 is 0 Å². The van der Waals surface area contributed by atoms with Gasteiger partial charge in [0.2, 0.25) is 5.91 Å². The second-order valence-electron chi connectivity index (χ2n) is 5.37. The van der Waals surface area contributed by atoms with E-state index in [0.29, 0.717) is 18.6 Å². The Kier molecular flexibility index (Phi) is 3.81. The number of pyridine rings is 1. The molecule has 1 N–H and O–H groups in total. The number of piperazine rings is 1. The first-order valence-corrected chi connectivity index (χ1v) is 7.18. The Labute approximate surface area is 131 Å². The van der Waals surface area contributed by atoms with Gasteiger partial charge in [-0.3, -0.25) is 19.4 Å². The van der Waals surface area contributed by atoms with Crippen molar-refractivity contribution in [2.24, 2.45) is 0 Å². The van der Waals surface area contributed by atoms with Gasteiger partial charge in [0.1, 0.15) is 0 Å². The molecule has 1 aliphatic heterocycles. The Balaban J connectivity index is 1.80. The molecule has 0 atom stereocenters. The van der Waals surface area contributed by atoms with Crippen molar-refractivity contribution in [3.63, 3.8) is 0 Å². The zero-order valence-electron chi connectivity index (χ0n) is 12.5. The maximum absolute atomic E-state index is 13.9. The van der Waals surface area contributed by atoms with Crippen LogP contribution in [-0.4, -0.2) is 63.5 Å². The van der Waals surface area contributed by atoms with Crippen LogP contribution in [0.3, 0.4) is 0 Å². The minimum absolute atomic E-state index is 0.00102. The summed E-state index contributed by atoms with van der Waals surface area (Å²) in [7, 11) is 0. The second-order valence-corrected chi connectivity index (χ2v) is 5.37. The van der Waals surface area contributed by atoms with E-state index in [1.54, 1.807) is 4.90 Å². The zero-order chi connectivity index (χ0) is 16.6. The van der Waals surface area contributed by atoms with E-state index in [0.717, 1.165) is 6.20 Å². The number of rotatable bonds is 2. The number of hydrogen-bond acceptors (Lipinski definition) is 4. The molecular weight excluding hydrogens is 303 g/mol. The van der Waals surface area contributed by atoms with Gasteiger partial charge in [-0.1, -0.05) is 0 Å². The first-order chi connectivity index (χ1) is 11.0. The molecule has 0 bridgehead atoms. The molecule has 1 saturated heterocycles. The number of nitrogens with zero attached hydrogens (tertiary/aromatic N) is 3. The summed E-state index contributed by atoms with van der Waals surface area (Å²) in [6.45, 7) is 2.82. The van der Waals surface area contributed by atoms with Crippen molar-refractivity contribution >= 4 is 28.5 Å². The van der Waals surface area contributed by atoms with E-state index in [-0.39, 0.29) is 29.9 Å². The van der Waals surface area contributed by atoms with E-state index in [4.69, 9.17) is 0 Å². The number of aromatic nitrogens is 2. The van der Waals surface area contributed by atoms with E-state index < -0.39 is 17.5 Å². The van der Waals surface area contributed by atoms with Gasteiger partial charge in [-0.2, -0.15) is 0 Å². The van der Waals surface area contributed by atoms with Crippen molar-refractivity contribution in [3.8, 4) is 0 Å². The van der Waals surface area contributed by atoms with Gasteiger partial charge in [-0.25, -0.2) is 4.39 Å². The monoisotopic (exact) mass is 318 g/mol. The number of fused-ring (bicyclic) bond motifs is 1. The summed E-state index contributed by atoms with van der Waals surface area (Å²) in [4.78, 5) is 45.5. The molecule has 1 fully saturated rings. The third-order valence-electron chi connectivity index (χ3n) is 3.99. The molecule has 0 aromatic carbocycles. The van der Waals surface area contributed by atoms with Crippen LogP contribution in [0.2, 0.25) is 0 Å². The van der Waals surface area contributed by atoms with Gasteiger partial charge in [-0.15, -0.1) is 0 Å². The molecule has 0 radical (unpaired) electrons. The van der Waals surface area contributed by atoms with Crippen molar-refractivity contribution in [3.05, 3.63) is 30.0 Å². The Morgan fingerprint density at radius 1 is 1.13 bits per heavy atom. The lowest BCUT2D eigenvalue weighted by Gasteiger charge is -2.33. The molecule has 3 heterocycles. The Hall–Kier alpha value is -2.77. The largest absolute Gasteiger partial charge is 0.359 e. The van der Waals surface area contributed by atoms with Crippen molar-refractivity contribution in [1.82, 2.24) is 19.8 Å². The average Bonchev–Trinajstić information content (AvgIpc) is 2.99. The number of halogens is 1. The highest BCUT2D eigenvalue weighted by Gasteiger charge is 2.29. The maximum atomic E-state index is 13.9. The minimum atomic E-state index is -0.766. The molecule has 0 unspecified atom stereocenters. The zero-order valence-corrected chi connectivity index (χ0v) is 12.5. The number of carbonyl (C=O) groups excluding carboxylic acids is 3. The summed E-state index contributed by atoms with van der Waals surface area (Å²) in [5.41, 5.74) is 0.362. The maximum Gasteiger partial charge on any atom is 0.295 e. The first-order valence-electron chi connectivity index (χ1n) is 7.18. The molecule has 1 aliphatic rings. The van der Waals surface area contributed by atoms with Gasteiger partial charge in [-0.05, 0) is 0 Å². The molecule has 2 amide bonds. The summed E-state index contributed by atoms with van der Waals surface area (Å²) < 4.78 is 13.9. The lowest BCUT2D eigenvalue weighted by atomic mass is 10.1. The Morgan fingerprint density at radius 3 is 2.43 bits per heavy atom. The molecule has 7 nitrogen and oxygen atoms in total. The molecule has 0 saturated carbocycles. The summed E-state index contributed by atoms with van der Waals surface area (Å²) in [6.07, 6.45) is 3.72. The summed E-state index contributed by atoms with van der Waals surface area (Å²) in [5, 5.41) is 0.0701. The van der Waals surface area contributed by atoms with E-state index in [1.807, 2.05) is 0 Å². The number of nitrogens with one attached hydrogen (secondary N) is 1. The molecule has 2 aromatic rings. The highest BCUT2D eigenvalue weighted by Crippen LogP contribution is 2.21. The lowest BCUT2D eigenvalue weighted by molar-refractivity contribution is -0.135. The van der Waals surface area contributed by atoms with Crippen molar-refractivity contribution in [2.45, 2.75) is 6.92 Å². The molecule has 120 valence electrons. The average molecular weight is 318 g/mol. The molecule has 2 aromatic heterocycles. The first kappa shape index (κ1) is 15.1. The molecule has 0 aliphatic carbocycles. The number of amides is 2. The number of aromatic amines is 1. The number of ketones is 1. The van der Waals surface area contributed by atoms with E-state index in [2.05, 4.69) is 9.97 Å². The number of carbonyl (C=O) groups is 3. The molecule has 8 heteroatoms. The molecule has 3 rings (SSSR count). The lowest BCUT2D eigenvalue weighted by Crippen LogP contribution is -2.51. The minimum Gasteiger partial charge on any atom is -0.359 e. The molecule has 0 spiro atoms. The van der Waals surface area contributed by atoms with Crippen molar-refractivity contribution in [1.29, 1.82) is 0 Å². The molecular formula is C15H15FN4O3. The van der Waals surface area contributed by atoms with Gasteiger partial charge in [0.25, 0.3) is 11.7 Å². The highest BCUT2D eigenvalue weighted by atomic mass is 19.1. The summed E-state index contributed by atoms with van der Waals surface area (Å²) in [6, 6.07) is 0. The SMILES string of the molecule is CC(=O)N1CCN(C(=O)C(=O)c2c[nH]c3cncc(F)c23)CC1. The van der Waals surface area contributed by atoms with Crippen LogP contribution in [0.25, 0.3) is 10.9 Å². The summed E-state index contributed by atoms with van der Waals surface area (Å²) >= 11 is 0. The number of Topliss-reactive ketones (excluding diaryl/α,β-unsaturated/α-hetero) is 1. The fourth-order valence-electron chi connectivity index (χ4n) is 2.70. The smallest absolute Gasteiger partial charge is 0.295 e. The highest BCUT2D eigenvalue weighted by molar-refractivity contribution is 6.44. The van der Waals surface area contributed by atoms with Gasteiger partial charge >= 0.3 is 0 Å². The van der Waals surface area contributed by atoms with Crippen LogP contribution in [0.4, 0.5) is 4.39 Å². The predicted octanol–water partition coefficient (Wildman–Crippen LogP) is 0.575. The Bertz CT molecular complexity index is 793. The second kappa shape index (κ2) is 5.79. The van der Waals surface area contributed by atoms with E-state index in [1.165, 1.54) is 24.2 Å². The van der Waals surface area contributed by atoms with Gasteiger partial charge in [0.15, 0.2) is 5.82 Å². The van der Waals surface area contributed by atoms with Crippen LogP contribution in [0.15, 0.2) is 18.6 Å². The van der Waals surface area contributed by atoms with Crippen LogP contribution in [0.5, 0.6) is 0 Å². The Morgan fingerprint density at radius 2 is 1.78 bits per heavy atom. The predicted molar refractivity (Wildman–Crippen MR) is 79.2 cm³/mol.